The van der Waals surface area contributed by atoms with Gasteiger partial charge in [-0.25, -0.2) is 0 Å². The SMILES string of the molecule is COc1cc(CN)c2ccccc2c1. The van der Waals surface area contributed by atoms with Gasteiger partial charge >= 0.3 is 0 Å². The molecule has 2 aromatic rings. The van der Waals surface area contributed by atoms with E-state index in [1.807, 2.05) is 24.3 Å². The van der Waals surface area contributed by atoms with Gasteiger partial charge in [0.25, 0.3) is 0 Å². The highest BCUT2D eigenvalue weighted by Crippen LogP contribution is 2.24. The van der Waals surface area contributed by atoms with E-state index < -0.39 is 0 Å². The molecule has 0 saturated heterocycles. The van der Waals surface area contributed by atoms with Gasteiger partial charge < -0.3 is 10.5 Å². The molecule has 0 spiro atoms. The number of benzene rings is 2. The van der Waals surface area contributed by atoms with Gasteiger partial charge in [0.05, 0.1) is 7.11 Å². The van der Waals surface area contributed by atoms with Gasteiger partial charge in [0.15, 0.2) is 0 Å². The lowest BCUT2D eigenvalue weighted by Crippen LogP contribution is -1.98. The van der Waals surface area contributed by atoms with Crippen LogP contribution in [-0.2, 0) is 6.54 Å². The largest absolute Gasteiger partial charge is 0.497 e. The van der Waals surface area contributed by atoms with E-state index in [1.54, 1.807) is 7.11 Å². The Kier molecular flexibility index (Phi) is 2.37. The maximum absolute atomic E-state index is 5.68. The maximum atomic E-state index is 5.68. The Morgan fingerprint density at radius 2 is 2.00 bits per heavy atom. The van der Waals surface area contributed by atoms with Crippen molar-refractivity contribution in [2.24, 2.45) is 5.73 Å². The van der Waals surface area contributed by atoms with Gasteiger partial charge in [0.1, 0.15) is 5.75 Å². The Morgan fingerprint density at radius 3 is 2.71 bits per heavy atom. The van der Waals surface area contributed by atoms with Gasteiger partial charge in [-0.1, -0.05) is 24.3 Å². The Morgan fingerprint density at radius 1 is 1.21 bits per heavy atom. The minimum atomic E-state index is 0.539. The fraction of sp³-hybridized carbons (Fsp3) is 0.167. The lowest BCUT2D eigenvalue weighted by molar-refractivity contribution is 0.415. The first-order chi connectivity index (χ1) is 6.85. The topological polar surface area (TPSA) is 35.2 Å². The number of rotatable bonds is 2. The van der Waals surface area contributed by atoms with E-state index in [4.69, 9.17) is 10.5 Å². The summed E-state index contributed by atoms with van der Waals surface area (Å²) in [6.07, 6.45) is 0. The van der Waals surface area contributed by atoms with E-state index in [1.165, 1.54) is 10.8 Å². The van der Waals surface area contributed by atoms with E-state index in [2.05, 4.69) is 12.1 Å². The van der Waals surface area contributed by atoms with Gasteiger partial charge in [-0.2, -0.15) is 0 Å². The Hall–Kier alpha value is -1.54. The third-order valence-corrected chi connectivity index (χ3v) is 2.38. The standard InChI is InChI=1S/C12H13NO/c1-14-11-6-9-4-2-3-5-12(9)10(7-11)8-13/h2-7H,8,13H2,1H3. The number of nitrogens with two attached hydrogens (primary N) is 1. The van der Waals surface area contributed by atoms with Crippen molar-refractivity contribution in [1.82, 2.24) is 0 Å². The summed E-state index contributed by atoms with van der Waals surface area (Å²) in [5.74, 6) is 0.865. The zero-order chi connectivity index (χ0) is 9.97. The molecule has 2 N–H and O–H groups in total. The average Bonchev–Trinajstić information content (AvgIpc) is 2.27. The van der Waals surface area contributed by atoms with E-state index in [0.29, 0.717) is 6.54 Å². The minimum Gasteiger partial charge on any atom is -0.497 e. The third kappa shape index (κ3) is 1.44. The molecule has 2 heteroatoms. The summed E-state index contributed by atoms with van der Waals surface area (Å²) in [5.41, 5.74) is 6.81. The summed E-state index contributed by atoms with van der Waals surface area (Å²) in [7, 11) is 1.67. The van der Waals surface area contributed by atoms with Crippen molar-refractivity contribution >= 4 is 10.8 Å². The number of methoxy groups -OCH3 is 1. The normalized spacial score (nSPS) is 10.4. The highest BCUT2D eigenvalue weighted by Gasteiger charge is 2.01. The molecule has 0 fully saturated rings. The molecule has 0 bridgehead atoms. The molecule has 2 aromatic carbocycles. The van der Waals surface area contributed by atoms with Crippen LogP contribution in [0.15, 0.2) is 36.4 Å². The molecular weight excluding hydrogens is 174 g/mol. The van der Waals surface area contributed by atoms with Gasteiger partial charge in [-0.05, 0) is 28.5 Å². The van der Waals surface area contributed by atoms with Crippen LogP contribution in [-0.4, -0.2) is 7.11 Å². The predicted molar refractivity (Wildman–Crippen MR) is 58.4 cm³/mol. The van der Waals surface area contributed by atoms with E-state index in [9.17, 15) is 0 Å². The molecule has 0 unspecified atom stereocenters. The van der Waals surface area contributed by atoms with Crippen LogP contribution in [0.5, 0.6) is 5.75 Å². The van der Waals surface area contributed by atoms with Crippen LogP contribution in [0.4, 0.5) is 0 Å². The van der Waals surface area contributed by atoms with Gasteiger partial charge in [0.2, 0.25) is 0 Å². The van der Waals surface area contributed by atoms with Crippen molar-refractivity contribution in [2.75, 3.05) is 7.11 Å². The van der Waals surface area contributed by atoms with Crippen LogP contribution < -0.4 is 10.5 Å². The summed E-state index contributed by atoms with van der Waals surface area (Å²) >= 11 is 0. The number of hydrogen-bond acceptors (Lipinski definition) is 2. The van der Waals surface area contributed by atoms with Crippen molar-refractivity contribution in [1.29, 1.82) is 0 Å². The zero-order valence-electron chi connectivity index (χ0n) is 8.16. The molecule has 2 nitrogen and oxygen atoms in total. The Labute approximate surface area is 83.3 Å². The van der Waals surface area contributed by atoms with Gasteiger partial charge in [-0.3, -0.25) is 0 Å². The molecule has 72 valence electrons. The van der Waals surface area contributed by atoms with Gasteiger partial charge in [0, 0.05) is 6.54 Å². The maximum Gasteiger partial charge on any atom is 0.119 e. The Bertz CT molecular complexity index is 451. The average molecular weight is 187 g/mol. The number of fused-ring (bicyclic) bond motifs is 1. The molecule has 0 aliphatic rings. The van der Waals surface area contributed by atoms with Crippen molar-refractivity contribution in [2.45, 2.75) is 6.54 Å². The summed E-state index contributed by atoms with van der Waals surface area (Å²) in [4.78, 5) is 0. The molecule has 0 atom stereocenters. The first kappa shape index (κ1) is 9.03. The molecule has 0 saturated carbocycles. The molecule has 14 heavy (non-hydrogen) atoms. The van der Waals surface area contributed by atoms with Crippen molar-refractivity contribution < 1.29 is 4.74 Å². The molecule has 0 radical (unpaired) electrons. The summed E-state index contributed by atoms with van der Waals surface area (Å²) < 4.78 is 5.21. The Balaban J connectivity index is 2.73. The highest BCUT2D eigenvalue weighted by atomic mass is 16.5. The fourth-order valence-corrected chi connectivity index (χ4v) is 1.65. The van der Waals surface area contributed by atoms with Crippen LogP contribution in [0.1, 0.15) is 5.56 Å². The van der Waals surface area contributed by atoms with Crippen LogP contribution in [0.2, 0.25) is 0 Å². The summed E-state index contributed by atoms with van der Waals surface area (Å²) in [5, 5.41) is 2.38. The second kappa shape index (κ2) is 3.68. The third-order valence-electron chi connectivity index (χ3n) is 2.38. The predicted octanol–water partition coefficient (Wildman–Crippen LogP) is 2.31. The zero-order valence-corrected chi connectivity index (χ0v) is 8.16. The monoisotopic (exact) mass is 187 g/mol. The molecule has 0 heterocycles. The van der Waals surface area contributed by atoms with Crippen LogP contribution in [0, 0.1) is 0 Å². The minimum absolute atomic E-state index is 0.539. The highest BCUT2D eigenvalue weighted by molar-refractivity contribution is 5.87. The second-order valence-corrected chi connectivity index (χ2v) is 3.21. The van der Waals surface area contributed by atoms with Gasteiger partial charge in [-0.15, -0.1) is 0 Å². The lowest BCUT2D eigenvalue weighted by Gasteiger charge is -2.07. The smallest absolute Gasteiger partial charge is 0.119 e. The first-order valence-corrected chi connectivity index (χ1v) is 4.61. The number of hydrogen-bond donors (Lipinski definition) is 1. The van der Waals surface area contributed by atoms with Crippen molar-refractivity contribution in [3.05, 3.63) is 42.0 Å². The molecule has 0 amide bonds. The van der Waals surface area contributed by atoms with E-state index in [-0.39, 0.29) is 0 Å². The van der Waals surface area contributed by atoms with Crippen LogP contribution >= 0.6 is 0 Å². The van der Waals surface area contributed by atoms with E-state index in [0.717, 1.165) is 11.3 Å². The summed E-state index contributed by atoms with van der Waals surface area (Å²) in [6.45, 7) is 0.539. The summed E-state index contributed by atoms with van der Waals surface area (Å²) in [6, 6.07) is 12.2. The van der Waals surface area contributed by atoms with Crippen LogP contribution in [0.25, 0.3) is 10.8 Å². The number of ether oxygens (including phenoxy) is 1. The van der Waals surface area contributed by atoms with Crippen LogP contribution in [0.3, 0.4) is 0 Å². The quantitative estimate of drug-likeness (QED) is 0.783. The lowest BCUT2D eigenvalue weighted by atomic mass is 10.0. The molecule has 0 aromatic heterocycles. The molecular formula is C12H13NO. The van der Waals surface area contributed by atoms with Crippen molar-refractivity contribution in [3.63, 3.8) is 0 Å². The first-order valence-electron chi connectivity index (χ1n) is 4.61. The second-order valence-electron chi connectivity index (χ2n) is 3.21. The molecule has 2 rings (SSSR count). The van der Waals surface area contributed by atoms with E-state index >= 15 is 0 Å². The fourth-order valence-electron chi connectivity index (χ4n) is 1.65. The molecule has 0 aliphatic carbocycles. The van der Waals surface area contributed by atoms with Crippen molar-refractivity contribution in [3.8, 4) is 5.75 Å². The molecule has 0 aliphatic heterocycles.